The number of nitrogens with one attached hydrogen (secondary N) is 1. The van der Waals surface area contributed by atoms with Gasteiger partial charge < -0.3 is 0 Å². The number of nitrogens with two attached hydrogens (primary N) is 1. The van der Waals surface area contributed by atoms with Crippen molar-refractivity contribution < 1.29 is 8.78 Å². The van der Waals surface area contributed by atoms with Gasteiger partial charge in [0.1, 0.15) is 11.6 Å². The van der Waals surface area contributed by atoms with Gasteiger partial charge in [0.15, 0.2) is 0 Å². The molecule has 0 aliphatic rings. The first-order valence-electron chi connectivity index (χ1n) is 5.81. The van der Waals surface area contributed by atoms with Crippen molar-refractivity contribution in [1.29, 1.82) is 0 Å². The number of rotatable bonds is 3. The van der Waals surface area contributed by atoms with Gasteiger partial charge in [0.05, 0.1) is 6.04 Å². The van der Waals surface area contributed by atoms with Gasteiger partial charge in [-0.25, -0.2) is 14.2 Å². The van der Waals surface area contributed by atoms with E-state index in [1.54, 1.807) is 6.92 Å². The van der Waals surface area contributed by atoms with Crippen LogP contribution < -0.4 is 11.3 Å². The highest BCUT2D eigenvalue weighted by Gasteiger charge is 2.24. The van der Waals surface area contributed by atoms with Crippen molar-refractivity contribution in [2.45, 2.75) is 13.0 Å². The molecule has 2 aromatic rings. The summed E-state index contributed by atoms with van der Waals surface area (Å²) in [6, 6.07) is 7.44. The molecule has 2 aromatic carbocycles. The molecule has 0 aliphatic carbocycles. The molecule has 2 rings (SSSR count). The quantitative estimate of drug-likeness (QED) is 0.416. The van der Waals surface area contributed by atoms with Crippen LogP contribution in [0.15, 0.2) is 34.8 Å². The number of hydrogen-bond acceptors (Lipinski definition) is 2. The predicted octanol–water partition coefficient (Wildman–Crippen LogP) is 4.19. The molecule has 20 heavy (non-hydrogen) atoms. The van der Waals surface area contributed by atoms with E-state index in [1.807, 2.05) is 18.2 Å². The zero-order valence-electron chi connectivity index (χ0n) is 10.6. The maximum Gasteiger partial charge on any atom is 0.134 e. The number of hydrazine groups is 1. The Morgan fingerprint density at radius 2 is 1.95 bits per heavy atom. The molecule has 0 amide bonds. The molecule has 0 fully saturated rings. The van der Waals surface area contributed by atoms with Gasteiger partial charge in [-0.2, -0.15) is 0 Å². The Labute approximate surface area is 138 Å². The van der Waals surface area contributed by atoms with Crippen molar-refractivity contribution in [1.82, 2.24) is 5.43 Å². The summed E-state index contributed by atoms with van der Waals surface area (Å²) < 4.78 is 30.0. The molecule has 6 heteroatoms. The molecule has 0 saturated heterocycles. The zero-order chi connectivity index (χ0) is 14.9. The average Bonchev–Trinajstić information content (AvgIpc) is 2.42. The molecule has 0 aromatic heterocycles. The van der Waals surface area contributed by atoms with E-state index in [2.05, 4.69) is 43.9 Å². The molecule has 3 N–H and O–H groups in total. The smallest absolute Gasteiger partial charge is 0.134 e. The zero-order valence-corrected chi connectivity index (χ0v) is 14.3. The van der Waals surface area contributed by atoms with Crippen molar-refractivity contribution in [3.63, 3.8) is 0 Å². The monoisotopic (exact) mass is 452 g/mol. The molecule has 1 atom stereocenters. The Bertz CT molecular complexity index is 649. The fourth-order valence-electron chi connectivity index (χ4n) is 2.01. The average molecular weight is 453 g/mol. The van der Waals surface area contributed by atoms with Crippen LogP contribution in [-0.4, -0.2) is 0 Å². The highest BCUT2D eigenvalue weighted by molar-refractivity contribution is 14.1. The third-order valence-corrected chi connectivity index (χ3v) is 4.44. The first-order valence-corrected chi connectivity index (χ1v) is 7.68. The van der Waals surface area contributed by atoms with E-state index in [4.69, 9.17) is 5.84 Å². The topological polar surface area (TPSA) is 38.0 Å². The van der Waals surface area contributed by atoms with E-state index in [0.717, 1.165) is 8.04 Å². The molecule has 106 valence electrons. The van der Waals surface area contributed by atoms with Gasteiger partial charge in [-0.3, -0.25) is 5.84 Å². The highest BCUT2D eigenvalue weighted by Crippen LogP contribution is 2.33. The summed E-state index contributed by atoms with van der Waals surface area (Å²) in [5.74, 6) is 4.33. The van der Waals surface area contributed by atoms with Crippen LogP contribution in [0.2, 0.25) is 0 Å². The Balaban J connectivity index is 2.64. The van der Waals surface area contributed by atoms with Crippen molar-refractivity contribution in [3.8, 4) is 0 Å². The van der Waals surface area contributed by atoms with Crippen LogP contribution in [0.25, 0.3) is 0 Å². The van der Waals surface area contributed by atoms with Gasteiger partial charge in [0.2, 0.25) is 0 Å². The standard InChI is InChI=1S/C14H12BrF2IN2/c1-7-2-5-11(16)12(13(7)17)14(20-19)9-6-8(18)3-4-10(9)15/h2-6,14,20H,19H2,1H3. The number of aryl methyl sites for hydroxylation is 1. The van der Waals surface area contributed by atoms with Crippen LogP contribution in [-0.2, 0) is 0 Å². The maximum absolute atomic E-state index is 14.3. The lowest BCUT2D eigenvalue weighted by atomic mass is 9.96. The molecule has 0 bridgehead atoms. The molecular weight excluding hydrogens is 441 g/mol. The van der Waals surface area contributed by atoms with E-state index in [1.165, 1.54) is 12.1 Å². The van der Waals surface area contributed by atoms with Crippen molar-refractivity contribution in [2.75, 3.05) is 0 Å². The summed E-state index contributed by atoms with van der Waals surface area (Å²) in [7, 11) is 0. The van der Waals surface area contributed by atoms with E-state index >= 15 is 0 Å². The van der Waals surface area contributed by atoms with Gasteiger partial charge in [0, 0.05) is 13.6 Å². The lowest BCUT2D eigenvalue weighted by Gasteiger charge is -2.20. The van der Waals surface area contributed by atoms with Crippen LogP contribution in [0.3, 0.4) is 0 Å². The normalized spacial score (nSPS) is 12.5. The van der Waals surface area contributed by atoms with Crippen molar-refractivity contribution >= 4 is 38.5 Å². The minimum Gasteiger partial charge on any atom is -0.271 e. The second kappa shape index (κ2) is 6.46. The molecular formula is C14H12BrF2IN2. The van der Waals surface area contributed by atoms with Crippen molar-refractivity contribution in [2.24, 2.45) is 5.84 Å². The Hall–Kier alpha value is -0.570. The second-order valence-electron chi connectivity index (χ2n) is 4.36. The summed E-state index contributed by atoms with van der Waals surface area (Å²) in [5, 5.41) is 0. The van der Waals surface area contributed by atoms with Crippen LogP contribution in [0.1, 0.15) is 22.7 Å². The van der Waals surface area contributed by atoms with Gasteiger partial charge in [-0.1, -0.05) is 22.0 Å². The molecule has 0 heterocycles. The number of halogens is 4. The minimum atomic E-state index is -0.765. The second-order valence-corrected chi connectivity index (χ2v) is 6.46. The first kappa shape index (κ1) is 15.8. The molecule has 2 nitrogen and oxygen atoms in total. The molecule has 0 saturated carbocycles. The summed E-state index contributed by atoms with van der Waals surface area (Å²) in [6.07, 6.45) is 0. The fourth-order valence-corrected chi connectivity index (χ4v) is 3.00. The van der Waals surface area contributed by atoms with Crippen molar-refractivity contribution in [3.05, 3.63) is 66.7 Å². The summed E-state index contributed by atoms with van der Waals surface area (Å²) in [6.45, 7) is 1.59. The lowest BCUT2D eigenvalue weighted by molar-refractivity contribution is 0.506. The third-order valence-electron chi connectivity index (χ3n) is 3.04. The maximum atomic E-state index is 14.3. The van der Waals surface area contributed by atoms with Gasteiger partial charge in [-0.15, -0.1) is 0 Å². The van der Waals surface area contributed by atoms with E-state index in [0.29, 0.717) is 11.1 Å². The predicted molar refractivity (Wildman–Crippen MR) is 87.1 cm³/mol. The van der Waals surface area contributed by atoms with Crippen LogP contribution in [0.5, 0.6) is 0 Å². The summed E-state index contributed by atoms with van der Waals surface area (Å²) >= 11 is 5.53. The molecule has 1 unspecified atom stereocenters. The molecule has 0 aliphatic heterocycles. The lowest BCUT2D eigenvalue weighted by Crippen LogP contribution is -2.31. The summed E-state index contributed by atoms with van der Waals surface area (Å²) in [4.78, 5) is 0. The highest BCUT2D eigenvalue weighted by atomic mass is 127. The molecule has 0 radical (unpaired) electrons. The Morgan fingerprint density at radius 1 is 1.25 bits per heavy atom. The van der Waals surface area contributed by atoms with Crippen LogP contribution in [0, 0.1) is 22.1 Å². The summed E-state index contributed by atoms with van der Waals surface area (Å²) in [5.41, 5.74) is 3.49. The largest absolute Gasteiger partial charge is 0.271 e. The van der Waals surface area contributed by atoms with Gasteiger partial charge >= 0.3 is 0 Å². The van der Waals surface area contributed by atoms with E-state index in [-0.39, 0.29) is 5.56 Å². The van der Waals surface area contributed by atoms with Gasteiger partial charge in [-0.05, 0) is 64.9 Å². The number of hydrogen-bond donors (Lipinski definition) is 2. The van der Waals surface area contributed by atoms with Crippen LogP contribution >= 0.6 is 38.5 Å². The third kappa shape index (κ3) is 3.03. The Morgan fingerprint density at radius 3 is 2.60 bits per heavy atom. The first-order chi connectivity index (χ1) is 9.45. The molecule has 0 spiro atoms. The minimum absolute atomic E-state index is 0.0739. The van der Waals surface area contributed by atoms with E-state index < -0.39 is 17.7 Å². The van der Waals surface area contributed by atoms with Crippen LogP contribution in [0.4, 0.5) is 8.78 Å². The SMILES string of the molecule is Cc1ccc(F)c(C(NN)c2cc(I)ccc2Br)c1F. The Kier molecular flexibility index (Phi) is 5.11. The van der Waals surface area contributed by atoms with E-state index in [9.17, 15) is 8.78 Å². The fraction of sp³-hybridized carbons (Fsp3) is 0.143. The number of benzene rings is 2. The van der Waals surface area contributed by atoms with Gasteiger partial charge in [0.25, 0.3) is 0 Å².